The van der Waals surface area contributed by atoms with E-state index in [2.05, 4.69) is 26.6 Å². The lowest BCUT2D eigenvalue weighted by Gasteiger charge is -2.24. The van der Waals surface area contributed by atoms with E-state index in [1.165, 1.54) is 11.8 Å². The third-order valence-electron chi connectivity index (χ3n) is 5.89. The van der Waals surface area contributed by atoms with Crippen molar-refractivity contribution in [3.63, 3.8) is 0 Å². The van der Waals surface area contributed by atoms with E-state index in [9.17, 15) is 19.5 Å². The number of anilines is 2. The Morgan fingerprint density at radius 2 is 1.53 bits per heavy atom. The van der Waals surface area contributed by atoms with Crippen molar-refractivity contribution in [1.82, 2.24) is 0 Å². The van der Waals surface area contributed by atoms with Gasteiger partial charge in [-0.25, -0.2) is 0 Å². The number of hydrogen-bond acceptors (Lipinski definition) is 4. The standard InChI is InChI=1S/C28H25BrN2O4S/c29-19-13-15-20(16-14-19)30-27(33)25(18-7-2-1-3-8-18)36-22-10-6-9-21(17-22)31-26(32)23-11-4-5-12-24(23)28(34)35/h1-10,13-17,23-25H,11-12H2,(H,30,33)(H,31,32)(H,34,35). The molecule has 0 spiro atoms. The average Bonchev–Trinajstić information content (AvgIpc) is 2.89. The Labute approximate surface area is 222 Å². The summed E-state index contributed by atoms with van der Waals surface area (Å²) >= 11 is 4.78. The zero-order valence-electron chi connectivity index (χ0n) is 19.3. The second-order valence-corrected chi connectivity index (χ2v) is 10.5. The maximum Gasteiger partial charge on any atom is 0.307 e. The van der Waals surface area contributed by atoms with Crippen LogP contribution in [0.1, 0.15) is 23.7 Å². The molecule has 3 aromatic rings. The fourth-order valence-electron chi connectivity index (χ4n) is 4.04. The molecule has 0 aromatic heterocycles. The highest BCUT2D eigenvalue weighted by atomic mass is 79.9. The predicted octanol–water partition coefficient (Wildman–Crippen LogP) is 6.53. The molecule has 1 aliphatic rings. The number of hydrogen-bond donors (Lipinski definition) is 3. The number of aliphatic carboxylic acids is 1. The molecule has 0 saturated heterocycles. The predicted molar refractivity (Wildman–Crippen MR) is 146 cm³/mol. The van der Waals surface area contributed by atoms with Crippen molar-refractivity contribution < 1.29 is 19.5 Å². The molecular weight excluding hydrogens is 540 g/mol. The number of halogens is 1. The number of allylic oxidation sites excluding steroid dienone is 2. The summed E-state index contributed by atoms with van der Waals surface area (Å²) in [5.74, 6) is -2.82. The van der Waals surface area contributed by atoms with Gasteiger partial charge in [0, 0.05) is 20.7 Å². The van der Waals surface area contributed by atoms with Gasteiger partial charge in [0.15, 0.2) is 0 Å². The van der Waals surface area contributed by atoms with E-state index in [1.807, 2.05) is 78.9 Å². The van der Waals surface area contributed by atoms with E-state index in [0.29, 0.717) is 24.2 Å². The number of rotatable bonds is 8. The summed E-state index contributed by atoms with van der Waals surface area (Å²) in [6.07, 6.45) is 4.40. The molecule has 6 nitrogen and oxygen atoms in total. The van der Waals surface area contributed by atoms with Gasteiger partial charge >= 0.3 is 5.97 Å². The third-order valence-corrected chi connectivity index (χ3v) is 7.67. The molecule has 184 valence electrons. The maximum atomic E-state index is 13.3. The number of nitrogens with one attached hydrogen (secondary N) is 2. The molecule has 4 rings (SSSR count). The molecule has 2 amide bonds. The summed E-state index contributed by atoms with van der Waals surface area (Å²) in [5, 5.41) is 14.8. The minimum absolute atomic E-state index is 0.166. The minimum Gasteiger partial charge on any atom is -0.481 e. The van der Waals surface area contributed by atoms with Gasteiger partial charge in [-0.2, -0.15) is 0 Å². The molecule has 0 aliphatic heterocycles. The number of amides is 2. The number of carboxylic acid groups (broad SMARTS) is 1. The van der Waals surface area contributed by atoms with Crippen molar-refractivity contribution in [2.75, 3.05) is 10.6 Å². The van der Waals surface area contributed by atoms with E-state index >= 15 is 0 Å². The summed E-state index contributed by atoms with van der Waals surface area (Å²) < 4.78 is 0.923. The Balaban J connectivity index is 1.51. The molecule has 3 aromatic carbocycles. The molecule has 1 aliphatic carbocycles. The quantitative estimate of drug-likeness (QED) is 0.213. The molecule has 36 heavy (non-hydrogen) atoms. The van der Waals surface area contributed by atoms with Crippen LogP contribution in [-0.4, -0.2) is 22.9 Å². The van der Waals surface area contributed by atoms with Crippen LogP contribution in [0, 0.1) is 11.8 Å². The first-order chi connectivity index (χ1) is 17.4. The van der Waals surface area contributed by atoms with Crippen LogP contribution in [0.15, 0.2) is 100 Å². The first-order valence-electron chi connectivity index (χ1n) is 11.5. The molecule has 3 unspecified atom stereocenters. The molecule has 0 saturated carbocycles. The second-order valence-electron chi connectivity index (χ2n) is 8.42. The van der Waals surface area contributed by atoms with Crippen LogP contribution < -0.4 is 10.6 Å². The SMILES string of the molecule is O=C(Nc1ccc(Br)cc1)C(Sc1cccc(NC(=O)C2CC=CCC2C(=O)O)c1)c1ccccc1. The summed E-state index contributed by atoms with van der Waals surface area (Å²) in [4.78, 5) is 38.6. The van der Waals surface area contributed by atoms with Crippen molar-refractivity contribution in [2.24, 2.45) is 11.8 Å². The topological polar surface area (TPSA) is 95.5 Å². The van der Waals surface area contributed by atoms with Gasteiger partial charge in [0.1, 0.15) is 5.25 Å². The van der Waals surface area contributed by atoms with Crippen molar-refractivity contribution in [1.29, 1.82) is 0 Å². The molecule has 0 bridgehead atoms. The Bertz CT molecular complexity index is 1260. The average molecular weight is 565 g/mol. The van der Waals surface area contributed by atoms with Crippen LogP contribution in [0.3, 0.4) is 0 Å². The van der Waals surface area contributed by atoms with Gasteiger partial charge in [-0.1, -0.05) is 64.5 Å². The Morgan fingerprint density at radius 1 is 0.833 bits per heavy atom. The van der Waals surface area contributed by atoms with Gasteiger partial charge in [0.2, 0.25) is 11.8 Å². The fourth-order valence-corrected chi connectivity index (χ4v) is 5.38. The second kappa shape index (κ2) is 12.1. The molecular formula is C28H25BrN2O4S. The zero-order valence-corrected chi connectivity index (χ0v) is 21.7. The molecule has 3 N–H and O–H groups in total. The van der Waals surface area contributed by atoms with Crippen LogP contribution in [-0.2, 0) is 14.4 Å². The van der Waals surface area contributed by atoms with Gasteiger partial charge in [0.05, 0.1) is 11.8 Å². The van der Waals surface area contributed by atoms with Crippen LogP contribution in [0.2, 0.25) is 0 Å². The summed E-state index contributed by atoms with van der Waals surface area (Å²) in [6.45, 7) is 0. The molecule has 3 atom stereocenters. The first kappa shape index (κ1) is 25.7. The van der Waals surface area contributed by atoms with Gasteiger partial charge in [-0.05, 0) is 60.9 Å². The van der Waals surface area contributed by atoms with Crippen molar-refractivity contribution in [2.45, 2.75) is 23.0 Å². The molecule has 8 heteroatoms. The number of carbonyl (C=O) groups is 3. The first-order valence-corrected chi connectivity index (χ1v) is 13.1. The van der Waals surface area contributed by atoms with E-state index in [1.54, 1.807) is 12.1 Å². The van der Waals surface area contributed by atoms with E-state index in [0.717, 1.165) is 14.9 Å². The highest BCUT2D eigenvalue weighted by molar-refractivity contribution is 9.10. The van der Waals surface area contributed by atoms with E-state index in [-0.39, 0.29) is 11.8 Å². The zero-order chi connectivity index (χ0) is 25.5. The number of thioether (sulfide) groups is 1. The molecule has 0 fully saturated rings. The van der Waals surface area contributed by atoms with Crippen molar-refractivity contribution >= 4 is 56.9 Å². The highest BCUT2D eigenvalue weighted by Crippen LogP contribution is 2.37. The lowest BCUT2D eigenvalue weighted by Crippen LogP contribution is -2.34. The summed E-state index contributed by atoms with van der Waals surface area (Å²) in [7, 11) is 0. The van der Waals surface area contributed by atoms with E-state index < -0.39 is 23.1 Å². The number of carboxylic acids is 1. The maximum absolute atomic E-state index is 13.3. The van der Waals surface area contributed by atoms with Crippen LogP contribution in [0.5, 0.6) is 0 Å². The lowest BCUT2D eigenvalue weighted by molar-refractivity contribution is -0.146. The normalized spacial score (nSPS) is 17.7. The molecule has 0 radical (unpaired) electrons. The van der Waals surface area contributed by atoms with Crippen LogP contribution in [0.4, 0.5) is 11.4 Å². The van der Waals surface area contributed by atoms with Crippen molar-refractivity contribution in [3.8, 4) is 0 Å². The van der Waals surface area contributed by atoms with Gasteiger partial charge in [-0.15, -0.1) is 11.8 Å². The summed E-state index contributed by atoms with van der Waals surface area (Å²) in [5.41, 5.74) is 2.11. The highest BCUT2D eigenvalue weighted by Gasteiger charge is 2.34. The minimum atomic E-state index is -0.966. The van der Waals surface area contributed by atoms with Gasteiger partial charge in [0.25, 0.3) is 0 Å². The lowest BCUT2D eigenvalue weighted by atomic mass is 9.82. The van der Waals surface area contributed by atoms with Gasteiger partial charge in [-0.3, -0.25) is 14.4 Å². The van der Waals surface area contributed by atoms with Crippen molar-refractivity contribution in [3.05, 3.63) is 101 Å². The Hall–Kier alpha value is -3.36. The third kappa shape index (κ3) is 6.65. The Morgan fingerprint density at radius 3 is 2.22 bits per heavy atom. The van der Waals surface area contributed by atoms with Crippen LogP contribution >= 0.6 is 27.7 Å². The smallest absolute Gasteiger partial charge is 0.307 e. The molecule has 0 heterocycles. The monoisotopic (exact) mass is 564 g/mol. The van der Waals surface area contributed by atoms with E-state index in [4.69, 9.17) is 0 Å². The van der Waals surface area contributed by atoms with Gasteiger partial charge < -0.3 is 15.7 Å². The number of carbonyl (C=O) groups excluding carboxylic acids is 2. The summed E-state index contributed by atoms with van der Waals surface area (Å²) in [6, 6.07) is 24.1. The number of benzene rings is 3. The fraction of sp³-hybridized carbons (Fsp3) is 0.179. The van der Waals surface area contributed by atoms with Crippen LogP contribution in [0.25, 0.3) is 0 Å². The Kier molecular flexibility index (Phi) is 8.61. The largest absolute Gasteiger partial charge is 0.481 e.